The monoisotopic (exact) mass is 960 g/mol. The van der Waals surface area contributed by atoms with Gasteiger partial charge < -0.3 is 19.3 Å². The Balaban J connectivity index is 0.692. The number of piperazine rings is 2. The quantitative estimate of drug-likeness (QED) is 0.196. The number of imide groups is 1. The van der Waals surface area contributed by atoms with Crippen molar-refractivity contribution < 1.29 is 23.5 Å². The van der Waals surface area contributed by atoms with Gasteiger partial charge in [-0.05, 0) is 55.5 Å². The van der Waals surface area contributed by atoms with Crippen LogP contribution in [0.4, 0.5) is 26.5 Å². The Labute approximate surface area is 408 Å². The second-order valence-electron chi connectivity index (χ2n) is 19.2. The van der Waals surface area contributed by atoms with Gasteiger partial charge in [-0.15, -0.1) is 0 Å². The molecule has 4 aliphatic heterocycles. The normalized spacial score (nSPS) is 22.3. The first kappa shape index (κ1) is 44.7. The number of carbonyl (C=O) groups is 2. The van der Waals surface area contributed by atoms with E-state index in [1.807, 2.05) is 49.1 Å². The fourth-order valence-corrected chi connectivity index (χ4v) is 11.3. The fraction of sp³-hybridized carbons (Fsp3) is 0.420. The number of morpholine rings is 1. The minimum Gasteiger partial charge on any atom is -0.481 e. The van der Waals surface area contributed by atoms with Gasteiger partial charge in [-0.25, -0.2) is 28.7 Å². The van der Waals surface area contributed by atoms with E-state index in [0.29, 0.717) is 77.6 Å². The van der Waals surface area contributed by atoms with Gasteiger partial charge >= 0.3 is 6.03 Å². The van der Waals surface area contributed by atoms with Gasteiger partial charge in [0.25, 0.3) is 0 Å². The number of hydrogen-bond acceptors (Lipinski definition) is 15. The Morgan fingerprint density at radius 1 is 0.859 bits per heavy atom. The van der Waals surface area contributed by atoms with Crippen LogP contribution in [0.3, 0.4) is 0 Å². The van der Waals surface area contributed by atoms with E-state index in [1.54, 1.807) is 29.6 Å². The van der Waals surface area contributed by atoms with Gasteiger partial charge in [0.15, 0.2) is 5.82 Å². The summed E-state index contributed by atoms with van der Waals surface area (Å²) in [5.74, 6) is 1.14. The highest BCUT2D eigenvalue weighted by molar-refractivity contribution is 6.09. The number of nitriles is 1. The molecule has 0 radical (unpaired) electrons. The van der Waals surface area contributed by atoms with E-state index in [-0.39, 0.29) is 42.8 Å². The molecule has 5 aliphatic rings. The smallest absolute Gasteiger partial charge is 0.329 e. The zero-order valence-electron chi connectivity index (χ0n) is 39.6. The molecule has 12 rings (SSSR count). The molecule has 4 saturated heterocycles. The number of hydrogen-bond donors (Lipinski definition) is 1. The molecule has 71 heavy (non-hydrogen) atoms. The van der Waals surface area contributed by atoms with Gasteiger partial charge in [0.1, 0.15) is 28.8 Å². The fourth-order valence-electron chi connectivity index (χ4n) is 11.3. The number of fused-ring (bicyclic) bond motifs is 4. The third-order valence-corrected chi connectivity index (χ3v) is 15.1. The van der Waals surface area contributed by atoms with Crippen molar-refractivity contribution in [2.24, 2.45) is 7.05 Å². The van der Waals surface area contributed by atoms with Crippen molar-refractivity contribution in [3.63, 3.8) is 0 Å². The molecule has 1 saturated carbocycles. The lowest BCUT2D eigenvalue weighted by Gasteiger charge is -2.50. The second-order valence-corrected chi connectivity index (χ2v) is 19.2. The molecule has 5 fully saturated rings. The number of halogens is 1. The topological polar surface area (TPSA) is 196 Å². The predicted octanol–water partition coefficient (Wildman–Crippen LogP) is 4.80. The number of carbonyl (C=O) groups excluding carboxylic acids is 2. The van der Waals surface area contributed by atoms with Crippen molar-refractivity contribution in [1.82, 2.24) is 59.2 Å². The van der Waals surface area contributed by atoms with Gasteiger partial charge in [-0.3, -0.25) is 34.2 Å². The summed E-state index contributed by atoms with van der Waals surface area (Å²) >= 11 is 0. The molecule has 21 heteroatoms. The van der Waals surface area contributed by atoms with Crippen LogP contribution in [-0.2, 0) is 23.1 Å². The molecule has 3 amide bonds. The first-order valence-corrected chi connectivity index (χ1v) is 24.3. The molecular formula is C50H53FN16O4. The van der Waals surface area contributed by atoms with Crippen molar-refractivity contribution >= 4 is 45.7 Å². The van der Waals surface area contributed by atoms with Crippen LogP contribution in [0, 0.1) is 17.1 Å². The lowest BCUT2D eigenvalue weighted by atomic mass is 9.90. The Bertz CT molecular complexity index is 3170. The van der Waals surface area contributed by atoms with E-state index >= 15 is 4.39 Å². The lowest BCUT2D eigenvalue weighted by Crippen LogP contribution is -2.64. The Morgan fingerprint density at radius 2 is 1.66 bits per heavy atom. The number of benzene rings is 1. The zero-order chi connectivity index (χ0) is 48.3. The maximum Gasteiger partial charge on any atom is 0.329 e. The number of anilines is 3. The van der Waals surface area contributed by atoms with Crippen molar-refractivity contribution in [3.05, 3.63) is 90.5 Å². The van der Waals surface area contributed by atoms with E-state index in [9.17, 15) is 14.9 Å². The molecule has 364 valence electrons. The van der Waals surface area contributed by atoms with Gasteiger partial charge in [0.05, 0.1) is 79.6 Å². The molecule has 1 aliphatic carbocycles. The van der Waals surface area contributed by atoms with Crippen molar-refractivity contribution in [1.29, 1.82) is 5.26 Å². The van der Waals surface area contributed by atoms with Gasteiger partial charge in [-0.2, -0.15) is 20.6 Å². The average molecular weight is 961 g/mol. The summed E-state index contributed by atoms with van der Waals surface area (Å²) in [6, 6.07) is 14.2. The lowest BCUT2D eigenvalue weighted by molar-refractivity contribution is -0.120. The highest BCUT2D eigenvalue weighted by atomic mass is 19.1. The first-order valence-electron chi connectivity index (χ1n) is 24.3. The molecule has 0 spiro atoms. The van der Waals surface area contributed by atoms with E-state index in [4.69, 9.17) is 24.5 Å². The number of nitrogens with zero attached hydrogens (tertiary/aromatic N) is 15. The van der Waals surface area contributed by atoms with Crippen LogP contribution in [0.1, 0.15) is 49.3 Å². The number of urea groups is 1. The minimum atomic E-state index is -0.547. The first-order chi connectivity index (χ1) is 34.7. The van der Waals surface area contributed by atoms with Crippen LogP contribution in [0.2, 0.25) is 0 Å². The number of aryl methyl sites for hydroxylation is 1. The predicted molar refractivity (Wildman–Crippen MR) is 260 cm³/mol. The summed E-state index contributed by atoms with van der Waals surface area (Å²) in [4.78, 5) is 49.7. The summed E-state index contributed by atoms with van der Waals surface area (Å²) in [6.07, 6.45) is 15.3. The van der Waals surface area contributed by atoms with Gasteiger partial charge in [0.2, 0.25) is 11.8 Å². The van der Waals surface area contributed by atoms with Gasteiger partial charge in [0, 0.05) is 113 Å². The molecule has 6 aromatic heterocycles. The summed E-state index contributed by atoms with van der Waals surface area (Å²) in [5.41, 5.74) is 6.43. The molecule has 1 aromatic carbocycles. The maximum atomic E-state index is 15.8. The molecule has 2 bridgehead atoms. The highest BCUT2D eigenvalue weighted by Crippen LogP contribution is 2.37. The minimum absolute atomic E-state index is 0.163. The summed E-state index contributed by atoms with van der Waals surface area (Å²) in [6.45, 7) is 6.87. The molecule has 0 unspecified atom stereocenters. The molecule has 20 nitrogen and oxygen atoms in total. The SMILES string of the molecule is COc1ccc(CN2[C@@H]3COC[C@H]2CN(c2ccc(-c4nc(-c5cnn([C@H]6CC[C@@H](N7CCN(c8cc9c(cc8F)c(N8CCC(=O)NC8=O)nn9C)CC7)CC6)c5)cn5ncc(C#N)c45)cn2)C3)cn1. The molecule has 10 heterocycles. The maximum absolute atomic E-state index is 15.8. The molecule has 2 atom stereocenters. The standard InChI is InChI=1S/C50H53FN16O4/c1-60-42-18-43(40(51)17-39(42)49(59-60)64-12-11-45(68)58-50(64)69)62-15-13-61(14-16-62)35-5-7-36(8-6-35)66-25-34(23-55-66)41-28-67-48(33(19-52)22-56-67)47(57-41)32-4-9-44(53-21-32)63-26-37-29-71-30-38(27-63)65(37)24-31-3-10-46(70-2)54-20-31/h3-4,9-10,17-18,20-23,25,28,35-38H,5-8,11-16,24,26-27,29-30H2,1-2H3,(H,58,68,69)/t35-,36+,37-,38+. The summed E-state index contributed by atoms with van der Waals surface area (Å²) in [5, 5.41) is 26.9. The summed E-state index contributed by atoms with van der Waals surface area (Å²) < 4.78 is 32.6. The number of amides is 3. The van der Waals surface area contributed by atoms with E-state index in [2.05, 4.69) is 63.1 Å². The van der Waals surface area contributed by atoms with Crippen LogP contribution in [0.25, 0.3) is 38.9 Å². The molecular weight excluding hydrogens is 908 g/mol. The third kappa shape index (κ3) is 8.34. The summed E-state index contributed by atoms with van der Waals surface area (Å²) in [7, 11) is 3.41. The highest BCUT2D eigenvalue weighted by Gasteiger charge is 2.39. The number of aromatic nitrogens is 9. The zero-order valence-corrected chi connectivity index (χ0v) is 39.6. The second kappa shape index (κ2) is 18.3. The number of ether oxygens (including phenoxy) is 2. The van der Waals surface area contributed by atoms with Crippen LogP contribution in [0.5, 0.6) is 5.88 Å². The number of rotatable bonds is 10. The van der Waals surface area contributed by atoms with E-state index in [0.717, 1.165) is 86.4 Å². The molecule has 7 aromatic rings. The van der Waals surface area contributed by atoms with Crippen molar-refractivity contribution in [3.8, 4) is 34.5 Å². The number of methoxy groups -OCH3 is 1. The number of pyridine rings is 2. The Morgan fingerprint density at radius 3 is 2.38 bits per heavy atom. The van der Waals surface area contributed by atoms with Crippen molar-refractivity contribution in [2.45, 2.75) is 62.8 Å². The van der Waals surface area contributed by atoms with Crippen LogP contribution in [0.15, 0.2) is 73.6 Å². The van der Waals surface area contributed by atoms with Crippen LogP contribution < -0.4 is 24.8 Å². The van der Waals surface area contributed by atoms with Gasteiger partial charge in [-0.1, -0.05) is 6.07 Å². The molecule has 1 N–H and O–H groups in total. The average Bonchev–Trinajstić information content (AvgIpc) is 4.14. The largest absolute Gasteiger partial charge is 0.481 e. The van der Waals surface area contributed by atoms with Crippen LogP contribution in [-0.4, -0.2) is 150 Å². The third-order valence-electron chi connectivity index (χ3n) is 15.1. The van der Waals surface area contributed by atoms with Crippen LogP contribution >= 0.6 is 0 Å². The van der Waals surface area contributed by atoms with E-state index in [1.165, 1.54) is 11.0 Å². The van der Waals surface area contributed by atoms with E-state index < -0.39 is 6.03 Å². The van der Waals surface area contributed by atoms with Crippen molar-refractivity contribution in [2.75, 3.05) is 80.8 Å². The number of nitrogens with one attached hydrogen (secondary N) is 1. The Kier molecular flexibility index (Phi) is 11.5. The Hall–Kier alpha value is -7.54.